The van der Waals surface area contributed by atoms with Crippen LogP contribution in [0.5, 0.6) is 0 Å². The molecule has 0 aromatic rings. The van der Waals surface area contributed by atoms with Crippen LogP contribution in [0.15, 0.2) is 0 Å². The summed E-state index contributed by atoms with van der Waals surface area (Å²) in [6, 6.07) is 0. The Balaban J connectivity index is 2.30. The first-order valence-electron chi connectivity index (χ1n) is 9.21. The van der Waals surface area contributed by atoms with Gasteiger partial charge in [-0.05, 0) is 42.4 Å². The fourth-order valence-corrected chi connectivity index (χ4v) is 3.90. The number of carbonyl (C=O) groups excluding carboxylic acids is 1. The molecule has 0 heterocycles. The maximum atomic E-state index is 12.0. The molecule has 0 saturated heterocycles. The molecule has 1 N–H and O–H groups in total. The van der Waals surface area contributed by atoms with Gasteiger partial charge < -0.3 is 10.1 Å². The van der Waals surface area contributed by atoms with E-state index >= 15 is 0 Å². The highest BCUT2D eigenvalue weighted by molar-refractivity contribution is 5.67. The highest BCUT2D eigenvalue weighted by Crippen LogP contribution is 2.45. The molecular weight excluding hydrogens is 274 g/mol. The summed E-state index contributed by atoms with van der Waals surface area (Å²) >= 11 is 0. The van der Waals surface area contributed by atoms with Gasteiger partial charge in [-0.25, -0.2) is 4.79 Å². The fourth-order valence-electron chi connectivity index (χ4n) is 3.90. The van der Waals surface area contributed by atoms with Gasteiger partial charge in [0.25, 0.3) is 0 Å². The van der Waals surface area contributed by atoms with Crippen LogP contribution in [-0.4, -0.2) is 19.2 Å². The molecular formula is C19H37NO2. The molecule has 3 heteroatoms. The van der Waals surface area contributed by atoms with Crippen LogP contribution < -0.4 is 5.32 Å². The van der Waals surface area contributed by atoms with E-state index < -0.39 is 0 Å². The Hall–Kier alpha value is -0.730. The van der Waals surface area contributed by atoms with Crippen molar-refractivity contribution in [2.75, 3.05) is 13.2 Å². The lowest BCUT2D eigenvalue weighted by Gasteiger charge is -2.42. The molecule has 0 bridgehead atoms. The summed E-state index contributed by atoms with van der Waals surface area (Å²) in [7, 11) is 0. The molecule has 0 aliphatic heterocycles. The highest BCUT2D eigenvalue weighted by Gasteiger charge is 2.36. The first-order valence-corrected chi connectivity index (χ1v) is 9.21. The van der Waals surface area contributed by atoms with Crippen LogP contribution in [0.3, 0.4) is 0 Å². The molecule has 22 heavy (non-hydrogen) atoms. The van der Waals surface area contributed by atoms with Gasteiger partial charge in [0.05, 0.1) is 6.61 Å². The zero-order valence-corrected chi connectivity index (χ0v) is 15.5. The van der Waals surface area contributed by atoms with Crippen LogP contribution >= 0.6 is 0 Å². The molecule has 1 aliphatic carbocycles. The number of carbonyl (C=O) groups is 1. The monoisotopic (exact) mass is 311 g/mol. The fraction of sp³-hybridized carbons (Fsp3) is 0.947. The van der Waals surface area contributed by atoms with Gasteiger partial charge in [-0.1, -0.05) is 60.3 Å². The Morgan fingerprint density at radius 2 is 1.95 bits per heavy atom. The van der Waals surface area contributed by atoms with Crippen molar-refractivity contribution in [1.82, 2.24) is 5.32 Å². The molecule has 2 atom stereocenters. The second-order valence-electron chi connectivity index (χ2n) is 8.37. The summed E-state index contributed by atoms with van der Waals surface area (Å²) < 4.78 is 5.43. The summed E-state index contributed by atoms with van der Waals surface area (Å²) in [6.45, 7) is 12.6. The molecule has 3 nitrogen and oxygen atoms in total. The summed E-state index contributed by atoms with van der Waals surface area (Å²) in [5.41, 5.74) is 0.610. The topological polar surface area (TPSA) is 38.3 Å². The first kappa shape index (κ1) is 19.3. The molecule has 1 fully saturated rings. The maximum Gasteiger partial charge on any atom is 0.407 e. The number of hydrogen-bond acceptors (Lipinski definition) is 2. The predicted molar refractivity (Wildman–Crippen MR) is 93.0 cm³/mol. The van der Waals surface area contributed by atoms with E-state index in [9.17, 15) is 4.79 Å². The molecule has 0 radical (unpaired) electrons. The van der Waals surface area contributed by atoms with Crippen LogP contribution in [0.2, 0.25) is 0 Å². The van der Waals surface area contributed by atoms with Gasteiger partial charge >= 0.3 is 6.09 Å². The van der Waals surface area contributed by atoms with Gasteiger partial charge in [-0.15, -0.1) is 0 Å². The van der Waals surface area contributed by atoms with E-state index in [1.807, 2.05) is 0 Å². The highest BCUT2D eigenvalue weighted by atomic mass is 16.5. The predicted octanol–water partition coefficient (Wildman–Crippen LogP) is 5.54. The molecule has 0 spiro atoms. The van der Waals surface area contributed by atoms with Crippen LogP contribution in [-0.2, 0) is 4.74 Å². The van der Waals surface area contributed by atoms with Crippen molar-refractivity contribution in [1.29, 1.82) is 0 Å². The van der Waals surface area contributed by atoms with Crippen LogP contribution in [0.1, 0.15) is 86.0 Å². The zero-order chi connectivity index (χ0) is 16.6. The third-order valence-electron chi connectivity index (χ3n) is 5.19. The first-order chi connectivity index (χ1) is 10.3. The third kappa shape index (κ3) is 7.02. The van der Waals surface area contributed by atoms with E-state index in [0.717, 1.165) is 19.4 Å². The molecule has 0 aromatic carbocycles. The third-order valence-corrected chi connectivity index (χ3v) is 5.19. The number of alkyl carbamates (subject to hydrolysis) is 1. The Morgan fingerprint density at radius 1 is 1.23 bits per heavy atom. The molecule has 1 rings (SSSR count). The van der Waals surface area contributed by atoms with Gasteiger partial charge in [0.2, 0.25) is 0 Å². The van der Waals surface area contributed by atoms with Crippen LogP contribution in [0, 0.1) is 16.7 Å². The number of ether oxygens (including phenoxy) is 1. The Labute approximate surface area is 137 Å². The Kier molecular flexibility index (Phi) is 7.71. The summed E-state index contributed by atoms with van der Waals surface area (Å²) in [5.74, 6) is 0.509. The molecule has 2 unspecified atom stereocenters. The van der Waals surface area contributed by atoms with Crippen molar-refractivity contribution in [3.05, 3.63) is 0 Å². The minimum Gasteiger partial charge on any atom is -0.449 e. The number of nitrogens with one attached hydrogen (secondary N) is 1. The average molecular weight is 312 g/mol. The number of rotatable bonds is 8. The van der Waals surface area contributed by atoms with Gasteiger partial charge in [-0.2, -0.15) is 0 Å². The summed E-state index contributed by atoms with van der Waals surface area (Å²) in [4.78, 5) is 12.0. The van der Waals surface area contributed by atoms with E-state index in [1.54, 1.807) is 0 Å². The van der Waals surface area contributed by atoms with Crippen molar-refractivity contribution in [2.45, 2.75) is 86.0 Å². The molecule has 0 aromatic heterocycles. The van der Waals surface area contributed by atoms with Crippen LogP contribution in [0.4, 0.5) is 4.79 Å². The number of amides is 1. The lowest BCUT2D eigenvalue weighted by Crippen LogP contribution is -2.41. The van der Waals surface area contributed by atoms with Crippen molar-refractivity contribution < 1.29 is 9.53 Å². The van der Waals surface area contributed by atoms with E-state index in [1.165, 1.54) is 38.5 Å². The SMILES string of the molecule is CCCCC(CC)COC(=O)NCC1(C)CCCC(C)(C)C1. The Bertz CT molecular complexity index is 340. The van der Waals surface area contributed by atoms with Crippen molar-refractivity contribution in [3.63, 3.8) is 0 Å². The molecule has 1 saturated carbocycles. The van der Waals surface area contributed by atoms with Crippen molar-refractivity contribution in [3.8, 4) is 0 Å². The van der Waals surface area contributed by atoms with Gasteiger partial charge in [0.1, 0.15) is 0 Å². The molecule has 1 aliphatic rings. The number of hydrogen-bond donors (Lipinski definition) is 1. The van der Waals surface area contributed by atoms with Gasteiger partial charge in [0, 0.05) is 6.54 Å². The molecule has 130 valence electrons. The number of unbranched alkanes of at least 4 members (excludes halogenated alkanes) is 1. The van der Waals surface area contributed by atoms with Gasteiger partial charge in [0.15, 0.2) is 0 Å². The van der Waals surface area contributed by atoms with Gasteiger partial charge in [-0.3, -0.25) is 0 Å². The zero-order valence-electron chi connectivity index (χ0n) is 15.5. The average Bonchev–Trinajstić information content (AvgIpc) is 2.44. The second kappa shape index (κ2) is 8.79. The summed E-state index contributed by atoms with van der Waals surface area (Å²) in [5, 5.41) is 3.01. The van der Waals surface area contributed by atoms with E-state index in [2.05, 4.69) is 39.9 Å². The van der Waals surface area contributed by atoms with Crippen molar-refractivity contribution in [2.24, 2.45) is 16.7 Å². The lowest BCUT2D eigenvalue weighted by molar-refractivity contribution is 0.0860. The smallest absolute Gasteiger partial charge is 0.407 e. The quantitative estimate of drug-likeness (QED) is 0.639. The largest absolute Gasteiger partial charge is 0.449 e. The normalized spacial score (nSPS) is 25.5. The Morgan fingerprint density at radius 3 is 2.55 bits per heavy atom. The van der Waals surface area contributed by atoms with E-state index in [0.29, 0.717) is 17.9 Å². The van der Waals surface area contributed by atoms with Crippen molar-refractivity contribution >= 4 is 6.09 Å². The maximum absolute atomic E-state index is 12.0. The minimum atomic E-state index is -0.237. The van der Waals surface area contributed by atoms with E-state index in [-0.39, 0.29) is 11.5 Å². The minimum absolute atomic E-state index is 0.215. The standard InChI is InChI=1S/C19H37NO2/c1-6-8-10-16(7-2)13-22-17(21)20-15-19(5)12-9-11-18(3,4)14-19/h16H,6-15H2,1-5H3,(H,20,21). The van der Waals surface area contributed by atoms with E-state index in [4.69, 9.17) is 4.74 Å². The molecule has 1 amide bonds. The van der Waals surface area contributed by atoms with Crippen LogP contribution in [0.25, 0.3) is 0 Å². The lowest BCUT2D eigenvalue weighted by atomic mass is 9.64. The second-order valence-corrected chi connectivity index (χ2v) is 8.37. The summed E-state index contributed by atoms with van der Waals surface area (Å²) in [6.07, 6.45) is 9.36.